The average Bonchev–Trinajstić information content (AvgIpc) is 2.68. The van der Waals surface area contributed by atoms with Crippen LogP contribution in [0.3, 0.4) is 0 Å². The molecule has 2 fully saturated rings. The maximum atomic E-state index is 11.0. The third-order valence-corrected chi connectivity index (χ3v) is 6.16. The van der Waals surface area contributed by atoms with Crippen molar-refractivity contribution in [3.8, 4) is 0 Å². The molecular formula is C19H26N4O2S. The molecule has 1 aromatic heterocycles. The van der Waals surface area contributed by atoms with Crippen LogP contribution in [0.5, 0.6) is 0 Å². The number of hydrogen-bond donors (Lipinski definition) is 1. The Morgan fingerprint density at radius 3 is 2.65 bits per heavy atom. The molecule has 0 amide bonds. The van der Waals surface area contributed by atoms with E-state index in [1.54, 1.807) is 18.1 Å². The van der Waals surface area contributed by atoms with Crippen LogP contribution in [0, 0.1) is 0 Å². The molecule has 2 aromatic rings. The summed E-state index contributed by atoms with van der Waals surface area (Å²) in [6.07, 6.45) is 5.25. The molecule has 2 aliphatic rings. The average molecular weight is 375 g/mol. The van der Waals surface area contributed by atoms with Gasteiger partial charge in [0.05, 0.1) is 24.3 Å². The summed E-state index contributed by atoms with van der Waals surface area (Å²) >= 11 is 1.73. The van der Waals surface area contributed by atoms with Gasteiger partial charge in [0.2, 0.25) is 0 Å². The first kappa shape index (κ1) is 18.0. The van der Waals surface area contributed by atoms with Gasteiger partial charge in [0.25, 0.3) is 0 Å². The number of ether oxygens (including phenoxy) is 1. The Bertz CT molecular complexity index is 758. The summed E-state index contributed by atoms with van der Waals surface area (Å²) in [5, 5.41) is 12.1. The Hall–Kier alpha value is -1.41. The lowest BCUT2D eigenvalue weighted by atomic mass is 9.90. The van der Waals surface area contributed by atoms with Gasteiger partial charge in [-0.2, -0.15) is 0 Å². The molecule has 3 heterocycles. The van der Waals surface area contributed by atoms with Crippen molar-refractivity contribution in [3.63, 3.8) is 0 Å². The van der Waals surface area contributed by atoms with Gasteiger partial charge in [-0.15, -0.1) is 11.8 Å². The van der Waals surface area contributed by atoms with Crippen molar-refractivity contribution in [2.24, 2.45) is 0 Å². The number of β-amino-alcohol motifs (C(OH)–C–C–N with tert-alkyl or cyclic N) is 1. The SMILES string of the molecule is CSc1ccc2ncnc(N3CCC(O)(CN4CCOCC4)CC3)c2c1. The van der Waals surface area contributed by atoms with Gasteiger partial charge >= 0.3 is 0 Å². The normalized spacial score (nSPS) is 21.2. The Balaban J connectivity index is 1.48. The second-order valence-corrected chi connectivity index (χ2v) is 8.06. The minimum absolute atomic E-state index is 0.610. The highest BCUT2D eigenvalue weighted by Crippen LogP contribution is 2.31. The van der Waals surface area contributed by atoms with Gasteiger partial charge in [0.15, 0.2) is 0 Å². The summed E-state index contributed by atoms with van der Waals surface area (Å²) < 4.78 is 5.41. The first-order valence-corrected chi connectivity index (χ1v) is 10.5. The molecule has 0 unspecified atom stereocenters. The van der Waals surface area contributed by atoms with E-state index in [9.17, 15) is 5.11 Å². The quantitative estimate of drug-likeness (QED) is 0.822. The van der Waals surface area contributed by atoms with Crippen molar-refractivity contribution in [2.45, 2.75) is 23.3 Å². The summed E-state index contributed by atoms with van der Waals surface area (Å²) in [5.41, 5.74) is 0.364. The third-order valence-electron chi connectivity index (χ3n) is 5.44. The van der Waals surface area contributed by atoms with E-state index in [0.29, 0.717) is 0 Å². The highest BCUT2D eigenvalue weighted by molar-refractivity contribution is 7.98. The molecule has 26 heavy (non-hydrogen) atoms. The minimum Gasteiger partial charge on any atom is -0.388 e. The molecule has 2 aliphatic heterocycles. The molecule has 0 atom stereocenters. The molecule has 6 nitrogen and oxygen atoms in total. The Morgan fingerprint density at radius 2 is 1.92 bits per heavy atom. The summed E-state index contributed by atoms with van der Waals surface area (Å²) in [7, 11) is 0. The summed E-state index contributed by atoms with van der Waals surface area (Å²) in [5.74, 6) is 0.985. The molecule has 0 aliphatic carbocycles. The first-order valence-electron chi connectivity index (χ1n) is 9.23. The number of aromatic nitrogens is 2. The lowest BCUT2D eigenvalue weighted by molar-refractivity contribution is -0.0441. The number of aliphatic hydroxyl groups is 1. The maximum absolute atomic E-state index is 11.0. The maximum Gasteiger partial charge on any atom is 0.139 e. The largest absolute Gasteiger partial charge is 0.388 e. The highest BCUT2D eigenvalue weighted by atomic mass is 32.2. The van der Waals surface area contributed by atoms with Gasteiger partial charge in [0.1, 0.15) is 12.1 Å². The number of hydrogen-bond acceptors (Lipinski definition) is 7. The van der Waals surface area contributed by atoms with E-state index in [1.807, 2.05) is 0 Å². The van der Waals surface area contributed by atoms with E-state index in [4.69, 9.17) is 4.74 Å². The van der Waals surface area contributed by atoms with Crippen LogP contribution < -0.4 is 4.90 Å². The van der Waals surface area contributed by atoms with E-state index < -0.39 is 5.60 Å². The zero-order chi connectivity index (χ0) is 18.0. The number of thioether (sulfide) groups is 1. The lowest BCUT2D eigenvalue weighted by Crippen LogP contribution is -2.53. The second kappa shape index (κ2) is 7.68. The number of fused-ring (bicyclic) bond motifs is 1. The topological polar surface area (TPSA) is 61.7 Å². The number of rotatable bonds is 4. The monoisotopic (exact) mass is 374 g/mol. The molecule has 7 heteroatoms. The minimum atomic E-state index is -0.610. The van der Waals surface area contributed by atoms with Crippen LogP contribution in [0.25, 0.3) is 10.9 Å². The second-order valence-electron chi connectivity index (χ2n) is 7.18. The van der Waals surface area contributed by atoms with Crippen molar-refractivity contribution in [1.29, 1.82) is 0 Å². The van der Waals surface area contributed by atoms with Gasteiger partial charge in [0, 0.05) is 43.0 Å². The molecule has 0 saturated carbocycles. The highest BCUT2D eigenvalue weighted by Gasteiger charge is 2.35. The van der Waals surface area contributed by atoms with Crippen molar-refractivity contribution in [2.75, 3.05) is 57.1 Å². The Labute approximate surface area is 158 Å². The number of benzene rings is 1. The van der Waals surface area contributed by atoms with Crippen molar-refractivity contribution in [1.82, 2.24) is 14.9 Å². The van der Waals surface area contributed by atoms with Crippen LogP contribution in [0.1, 0.15) is 12.8 Å². The van der Waals surface area contributed by atoms with Crippen LogP contribution in [-0.4, -0.2) is 77.8 Å². The van der Waals surface area contributed by atoms with Crippen molar-refractivity contribution < 1.29 is 9.84 Å². The smallest absolute Gasteiger partial charge is 0.139 e. The molecule has 0 radical (unpaired) electrons. The fourth-order valence-electron chi connectivity index (χ4n) is 3.87. The summed E-state index contributed by atoms with van der Waals surface area (Å²) in [6.45, 7) is 5.75. The molecule has 2 saturated heterocycles. The van der Waals surface area contributed by atoms with Gasteiger partial charge in [-0.25, -0.2) is 9.97 Å². The molecule has 1 aromatic carbocycles. The van der Waals surface area contributed by atoms with Gasteiger partial charge in [-0.05, 0) is 37.3 Å². The fraction of sp³-hybridized carbons (Fsp3) is 0.579. The molecule has 140 valence electrons. The fourth-order valence-corrected chi connectivity index (χ4v) is 4.31. The molecule has 0 bridgehead atoms. The Morgan fingerprint density at radius 1 is 1.15 bits per heavy atom. The van der Waals surface area contributed by atoms with Crippen LogP contribution >= 0.6 is 11.8 Å². The predicted molar refractivity (Wildman–Crippen MR) is 105 cm³/mol. The van der Waals surface area contributed by atoms with Crippen LogP contribution in [-0.2, 0) is 4.74 Å². The number of nitrogens with zero attached hydrogens (tertiary/aromatic N) is 4. The van der Waals surface area contributed by atoms with E-state index in [-0.39, 0.29) is 0 Å². The molecule has 4 rings (SSSR count). The summed E-state index contributed by atoms with van der Waals surface area (Å²) in [6, 6.07) is 6.33. The lowest BCUT2D eigenvalue weighted by Gasteiger charge is -2.42. The van der Waals surface area contributed by atoms with E-state index in [1.165, 1.54) is 4.90 Å². The zero-order valence-corrected chi connectivity index (χ0v) is 16.0. The number of piperidine rings is 1. The molecule has 1 N–H and O–H groups in total. The molecular weight excluding hydrogens is 348 g/mol. The van der Waals surface area contributed by atoms with E-state index in [2.05, 4.69) is 44.2 Å². The predicted octanol–water partition coefficient (Wildman–Crippen LogP) is 2.02. The number of anilines is 1. The zero-order valence-electron chi connectivity index (χ0n) is 15.2. The van der Waals surface area contributed by atoms with E-state index in [0.717, 1.165) is 75.5 Å². The standard InChI is InChI=1S/C19H26N4O2S/c1-26-15-2-3-17-16(12-15)18(21-14-20-17)23-6-4-19(24,5-7-23)13-22-8-10-25-11-9-22/h2-3,12,14,24H,4-11,13H2,1H3. The first-order chi connectivity index (χ1) is 12.7. The van der Waals surface area contributed by atoms with Crippen LogP contribution in [0.15, 0.2) is 29.4 Å². The van der Waals surface area contributed by atoms with Gasteiger partial charge < -0.3 is 14.7 Å². The van der Waals surface area contributed by atoms with Crippen LogP contribution in [0.4, 0.5) is 5.82 Å². The Kier molecular flexibility index (Phi) is 5.31. The molecule has 0 spiro atoms. The summed E-state index contributed by atoms with van der Waals surface area (Å²) in [4.78, 5) is 14.8. The van der Waals surface area contributed by atoms with Gasteiger partial charge in [-0.3, -0.25) is 4.90 Å². The van der Waals surface area contributed by atoms with Crippen molar-refractivity contribution in [3.05, 3.63) is 24.5 Å². The van der Waals surface area contributed by atoms with Crippen LogP contribution in [0.2, 0.25) is 0 Å². The number of morpholine rings is 1. The third kappa shape index (κ3) is 3.81. The van der Waals surface area contributed by atoms with E-state index >= 15 is 0 Å². The van der Waals surface area contributed by atoms with Crippen molar-refractivity contribution >= 4 is 28.5 Å². The van der Waals surface area contributed by atoms with Gasteiger partial charge in [-0.1, -0.05) is 0 Å².